The van der Waals surface area contributed by atoms with E-state index in [0.717, 1.165) is 29.8 Å². The van der Waals surface area contributed by atoms with Crippen LogP contribution in [0.4, 0.5) is 5.13 Å². The largest absolute Gasteiger partial charge is 0.348 e. The lowest BCUT2D eigenvalue weighted by Gasteiger charge is -2.38. The van der Waals surface area contributed by atoms with Crippen molar-refractivity contribution >= 4 is 16.5 Å². The highest BCUT2D eigenvalue weighted by molar-refractivity contribution is 7.13. The molecule has 1 aromatic rings. The summed E-state index contributed by atoms with van der Waals surface area (Å²) in [7, 11) is 0. The summed E-state index contributed by atoms with van der Waals surface area (Å²) < 4.78 is 0. The van der Waals surface area contributed by atoms with Gasteiger partial charge in [0.1, 0.15) is 0 Å². The third-order valence-electron chi connectivity index (χ3n) is 3.97. The first-order valence-electron chi connectivity index (χ1n) is 6.84. The van der Waals surface area contributed by atoms with Gasteiger partial charge in [0, 0.05) is 24.5 Å². The average Bonchev–Trinajstić information content (AvgIpc) is 2.77. The van der Waals surface area contributed by atoms with Gasteiger partial charge in [-0.1, -0.05) is 20.8 Å². The summed E-state index contributed by atoms with van der Waals surface area (Å²) in [5.41, 5.74) is 7.32. The normalized spacial score (nSPS) is 20.2. The number of hydrogen-bond acceptors (Lipinski definition) is 4. The van der Waals surface area contributed by atoms with Crippen molar-refractivity contribution in [1.29, 1.82) is 0 Å². The molecule has 1 fully saturated rings. The molecule has 3 nitrogen and oxygen atoms in total. The van der Waals surface area contributed by atoms with Crippen molar-refractivity contribution < 1.29 is 0 Å². The number of aromatic nitrogens is 1. The number of hydrogen-bond donors (Lipinski definition) is 1. The Labute approximate surface area is 114 Å². The maximum atomic E-state index is 5.86. The third-order valence-corrected chi connectivity index (χ3v) is 4.89. The molecule has 0 aliphatic carbocycles. The van der Waals surface area contributed by atoms with Crippen molar-refractivity contribution in [3.8, 4) is 0 Å². The summed E-state index contributed by atoms with van der Waals surface area (Å²) in [4.78, 5) is 7.06. The molecule has 0 saturated carbocycles. The van der Waals surface area contributed by atoms with Gasteiger partial charge >= 0.3 is 0 Å². The molecule has 0 bridgehead atoms. The van der Waals surface area contributed by atoms with E-state index >= 15 is 0 Å². The number of anilines is 1. The van der Waals surface area contributed by atoms with Crippen LogP contribution in [-0.2, 0) is 0 Å². The molecule has 1 aliphatic rings. The molecule has 0 amide bonds. The van der Waals surface area contributed by atoms with Gasteiger partial charge in [-0.15, -0.1) is 11.3 Å². The smallest absolute Gasteiger partial charge is 0.185 e. The molecule has 2 heterocycles. The molecule has 1 saturated heterocycles. The van der Waals surface area contributed by atoms with Crippen molar-refractivity contribution in [3.05, 3.63) is 11.1 Å². The quantitative estimate of drug-likeness (QED) is 0.892. The molecular weight excluding hydrogens is 242 g/mol. The molecule has 0 radical (unpaired) electrons. The van der Waals surface area contributed by atoms with Crippen LogP contribution in [0, 0.1) is 11.3 Å². The second-order valence-electron chi connectivity index (χ2n) is 6.47. The molecule has 0 aromatic carbocycles. The van der Waals surface area contributed by atoms with Gasteiger partial charge < -0.3 is 10.6 Å². The van der Waals surface area contributed by atoms with Gasteiger partial charge in [-0.2, -0.15) is 0 Å². The summed E-state index contributed by atoms with van der Waals surface area (Å²) in [6, 6.07) is 0.0436. The SMILES string of the molecule is CC(N)c1csc(N2CCC(C(C)(C)C)CC2)n1. The third kappa shape index (κ3) is 3.04. The van der Waals surface area contributed by atoms with Crippen LogP contribution >= 0.6 is 11.3 Å². The molecule has 2 rings (SSSR count). The Kier molecular flexibility index (Phi) is 3.97. The minimum atomic E-state index is 0.0436. The van der Waals surface area contributed by atoms with Crippen molar-refractivity contribution in [3.63, 3.8) is 0 Å². The lowest BCUT2D eigenvalue weighted by Crippen LogP contribution is -2.38. The van der Waals surface area contributed by atoms with E-state index in [9.17, 15) is 0 Å². The fourth-order valence-electron chi connectivity index (χ4n) is 2.57. The number of nitrogens with zero attached hydrogens (tertiary/aromatic N) is 2. The van der Waals surface area contributed by atoms with Crippen LogP contribution in [0.5, 0.6) is 0 Å². The summed E-state index contributed by atoms with van der Waals surface area (Å²) >= 11 is 1.73. The second-order valence-corrected chi connectivity index (χ2v) is 7.31. The van der Waals surface area contributed by atoms with E-state index in [1.807, 2.05) is 6.92 Å². The van der Waals surface area contributed by atoms with Crippen LogP contribution < -0.4 is 10.6 Å². The second kappa shape index (κ2) is 5.17. The van der Waals surface area contributed by atoms with Crippen LogP contribution in [0.25, 0.3) is 0 Å². The number of piperidine rings is 1. The van der Waals surface area contributed by atoms with Crippen molar-refractivity contribution in [2.24, 2.45) is 17.1 Å². The Morgan fingerprint density at radius 2 is 2.00 bits per heavy atom. The summed E-state index contributed by atoms with van der Waals surface area (Å²) in [6.45, 7) is 11.3. The monoisotopic (exact) mass is 267 g/mol. The zero-order valence-electron chi connectivity index (χ0n) is 11.9. The van der Waals surface area contributed by atoms with Gasteiger partial charge in [-0.25, -0.2) is 4.98 Å². The molecular formula is C14H25N3S. The molecule has 0 spiro atoms. The number of nitrogens with two attached hydrogens (primary N) is 1. The lowest BCUT2D eigenvalue weighted by molar-refractivity contribution is 0.199. The predicted molar refractivity (Wildman–Crippen MR) is 79.1 cm³/mol. The Morgan fingerprint density at radius 3 is 2.44 bits per heavy atom. The van der Waals surface area contributed by atoms with E-state index in [1.54, 1.807) is 11.3 Å². The first-order chi connectivity index (χ1) is 8.38. The topological polar surface area (TPSA) is 42.1 Å². The zero-order chi connectivity index (χ0) is 13.3. The van der Waals surface area contributed by atoms with Crippen LogP contribution in [0.15, 0.2) is 5.38 Å². The lowest BCUT2D eigenvalue weighted by atomic mass is 9.75. The fraction of sp³-hybridized carbons (Fsp3) is 0.786. The molecule has 2 N–H and O–H groups in total. The van der Waals surface area contributed by atoms with Crippen molar-refractivity contribution in [2.45, 2.75) is 46.6 Å². The minimum absolute atomic E-state index is 0.0436. The number of thiazole rings is 1. The van der Waals surface area contributed by atoms with Gasteiger partial charge in [0.15, 0.2) is 5.13 Å². The van der Waals surface area contributed by atoms with Crippen LogP contribution in [0.1, 0.15) is 52.3 Å². The molecule has 18 heavy (non-hydrogen) atoms. The highest BCUT2D eigenvalue weighted by Crippen LogP contribution is 2.36. The van der Waals surface area contributed by atoms with Gasteiger partial charge in [0.05, 0.1) is 5.69 Å². The van der Waals surface area contributed by atoms with Crippen LogP contribution in [0.2, 0.25) is 0 Å². The van der Waals surface area contributed by atoms with Crippen LogP contribution in [-0.4, -0.2) is 18.1 Å². The summed E-state index contributed by atoms with van der Waals surface area (Å²) in [5, 5.41) is 3.24. The van der Waals surface area contributed by atoms with E-state index in [2.05, 4.69) is 36.0 Å². The molecule has 1 aromatic heterocycles. The summed E-state index contributed by atoms with van der Waals surface area (Å²) in [6.07, 6.45) is 2.55. The molecule has 1 atom stereocenters. The Bertz CT molecular complexity index is 384. The van der Waals surface area contributed by atoms with E-state index < -0.39 is 0 Å². The van der Waals surface area contributed by atoms with Crippen LogP contribution in [0.3, 0.4) is 0 Å². The first kappa shape index (κ1) is 13.8. The Hall–Kier alpha value is -0.610. The first-order valence-corrected chi connectivity index (χ1v) is 7.72. The maximum Gasteiger partial charge on any atom is 0.185 e. The Balaban J connectivity index is 1.97. The molecule has 102 valence electrons. The standard InChI is InChI=1S/C14H25N3S/c1-10(15)12-9-18-13(16-12)17-7-5-11(6-8-17)14(2,3)4/h9-11H,5-8,15H2,1-4H3. The van der Waals surface area contributed by atoms with Gasteiger partial charge in [-0.05, 0) is 31.1 Å². The minimum Gasteiger partial charge on any atom is -0.348 e. The fourth-order valence-corrected chi connectivity index (χ4v) is 3.55. The van der Waals surface area contributed by atoms with E-state index in [-0.39, 0.29) is 6.04 Å². The summed E-state index contributed by atoms with van der Waals surface area (Å²) in [5.74, 6) is 0.835. The maximum absolute atomic E-state index is 5.86. The zero-order valence-corrected chi connectivity index (χ0v) is 12.8. The molecule has 1 aliphatic heterocycles. The number of rotatable bonds is 2. The molecule has 1 unspecified atom stereocenters. The highest BCUT2D eigenvalue weighted by atomic mass is 32.1. The van der Waals surface area contributed by atoms with E-state index in [0.29, 0.717) is 5.41 Å². The van der Waals surface area contributed by atoms with Crippen molar-refractivity contribution in [2.75, 3.05) is 18.0 Å². The molecule has 4 heteroatoms. The highest BCUT2D eigenvalue weighted by Gasteiger charge is 2.29. The average molecular weight is 267 g/mol. The van der Waals surface area contributed by atoms with E-state index in [1.165, 1.54) is 12.8 Å². The van der Waals surface area contributed by atoms with Crippen molar-refractivity contribution in [1.82, 2.24) is 4.98 Å². The Morgan fingerprint density at radius 1 is 1.39 bits per heavy atom. The predicted octanol–water partition coefficient (Wildman–Crippen LogP) is 3.43. The van der Waals surface area contributed by atoms with Gasteiger partial charge in [-0.3, -0.25) is 0 Å². The van der Waals surface area contributed by atoms with E-state index in [4.69, 9.17) is 5.73 Å². The van der Waals surface area contributed by atoms with Gasteiger partial charge in [0.2, 0.25) is 0 Å². The van der Waals surface area contributed by atoms with Gasteiger partial charge in [0.25, 0.3) is 0 Å².